The molecule has 0 fully saturated rings. The molecule has 0 bridgehead atoms. The Balaban J connectivity index is 2.83. The lowest BCUT2D eigenvalue weighted by Crippen LogP contribution is -1.86. The molecule has 1 rings (SSSR count). The molecule has 0 unspecified atom stereocenters. The third kappa shape index (κ3) is 3.79. The molecule has 0 aromatic carbocycles. The summed E-state index contributed by atoms with van der Waals surface area (Å²) in [5.41, 5.74) is 1.24. The van der Waals surface area contributed by atoms with Crippen molar-refractivity contribution in [3.63, 3.8) is 0 Å². The van der Waals surface area contributed by atoms with Crippen LogP contribution in [0, 0.1) is 5.92 Å². The van der Waals surface area contributed by atoms with Gasteiger partial charge in [-0.15, -0.1) is 0 Å². The first-order valence-electron chi connectivity index (χ1n) is 4.60. The molecule has 0 amide bonds. The molecule has 0 radical (unpaired) electrons. The van der Waals surface area contributed by atoms with E-state index in [1.54, 1.807) is 6.08 Å². The number of rotatable bonds is 0. The number of allylic oxidation sites excluding steroid dienone is 7. The van der Waals surface area contributed by atoms with E-state index in [9.17, 15) is 5.11 Å². The largest absolute Gasteiger partial charge is 0.512 e. The predicted molar refractivity (Wildman–Crippen MR) is 56.5 cm³/mol. The van der Waals surface area contributed by atoms with Gasteiger partial charge in [-0.05, 0) is 18.9 Å². The van der Waals surface area contributed by atoms with Crippen molar-refractivity contribution in [2.75, 3.05) is 0 Å². The van der Waals surface area contributed by atoms with Gasteiger partial charge in [-0.1, -0.05) is 42.9 Å². The average Bonchev–Trinajstić information content (AvgIpc) is 2.03. The molecular formula is C12H16O. The minimum atomic E-state index is 0.411. The van der Waals surface area contributed by atoms with Crippen molar-refractivity contribution >= 4 is 0 Å². The number of aliphatic hydroxyl groups excluding tert-OH is 1. The fourth-order valence-electron chi connectivity index (χ4n) is 1.30. The van der Waals surface area contributed by atoms with Gasteiger partial charge in [0.25, 0.3) is 0 Å². The molecule has 0 spiro atoms. The van der Waals surface area contributed by atoms with Gasteiger partial charge in [-0.3, -0.25) is 0 Å². The molecule has 1 N–H and O–H groups in total. The Kier molecular flexibility index (Phi) is 3.56. The second-order valence-corrected chi connectivity index (χ2v) is 3.42. The van der Waals surface area contributed by atoms with Crippen LogP contribution in [0.4, 0.5) is 0 Å². The standard InChI is InChI=1S/C12H16O/c1-10-5-3-7-12(13)8-4-6-11(2)9-10/h3-7,9-10,13H,8H2,1-2H3/b5-3-,6-4-,11-9-,12-7+/t10-/m0/s1. The van der Waals surface area contributed by atoms with Gasteiger partial charge in [0.2, 0.25) is 0 Å². The van der Waals surface area contributed by atoms with Crippen LogP contribution in [-0.2, 0) is 0 Å². The molecular weight excluding hydrogens is 160 g/mol. The Bertz CT molecular complexity index is 279. The van der Waals surface area contributed by atoms with E-state index in [-0.39, 0.29) is 0 Å². The zero-order valence-electron chi connectivity index (χ0n) is 8.20. The summed E-state index contributed by atoms with van der Waals surface area (Å²) < 4.78 is 0. The smallest absolute Gasteiger partial charge is 0.0960 e. The Morgan fingerprint density at radius 1 is 1.46 bits per heavy atom. The van der Waals surface area contributed by atoms with Crippen LogP contribution in [0.3, 0.4) is 0 Å². The molecule has 1 atom stereocenters. The quantitative estimate of drug-likeness (QED) is 0.598. The maximum atomic E-state index is 9.34. The predicted octanol–water partition coefficient (Wildman–Crippen LogP) is 3.53. The van der Waals surface area contributed by atoms with Crippen molar-refractivity contribution in [1.82, 2.24) is 0 Å². The Labute approximate surface area is 79.8 Å². The number of hydrogen-bond acceptors (Lipinski definition) is 1. The number of aliphatic hydroxyl groups is 1. The van der Waals surface area contributed by atoms with Crippen molar-refractivity contribution < 1.29 is 5.11 Å². The summed E-state index contributed by atoms with van der Waals surface area (Å²) in [4.78, 5) is 0. The molecule has 0 aromatic rings. The summed E-state index contributed by atoms with van der Waals surface area (Å²) in [6.07, 6.45) is 12.5. The first-order valence-corrected chi connectivity index (χ1v) is 4.60. The van der Waals surface area contributed by atoms with Gasteiger partial charge in [0, 0.05) is 6.42 Å². The van der Waals surface area contributed by atoms with Crippen molar-refractivity contribution in [2.45, 2.75) is 20.3 Å². The fraction of sp³-hybridized carbons (Fsp3) is 0.333. The SMILES string of the molecule is CC1=C/[C@@H](C)/C=C\C=C(\O)C/C=C\1. The summed E-state index contributed by atoms with van der Waals surface area (Å²) in [5, 5.41) is 9.34. The van der Waals surface area contributed by atoms with E-state index in [1.165, 1.54) is 5.57 Å². The van der Waals surface area contributed by atoms with E-state index in [0.717, 1.165) is 0 Å². The van der Waals surface area contributed by atoms with Crippen molar-refractivity contribution in [1.29, 1.82) is 0 Å². The van der Waals surface area contributed by atoms with E-state index in [0.29, 0.717) is 18.1 Å². The molecule has 0 aromatic heterocycles. The highest BCUT2D eigenvalue weighted by Gasteiger charge is 1.94. The maximum absolute atomic E-state index is 9.34. The van der Waals surface area contributed by atoms with Gasteiger partial charge in [-0.2, -0.15) is 0 Å². The van der Waals surface area contributed by atoms with E-state index < -0.39 is 0 Å². The van der Waals surface area contributed by atoms with Crippen LogP contribution in [0.5, 0.6) is 0 Å². The summed E-state index contributed by atoms with van der Waals surface area (Å²) in [6.45, 7) is 4.20. The Morgan fingerprint density at radius 3 is 3.00 bits per heavy atom. The van der Waals surface area contributed by atoms with Crippen molar-refractivity contribution in [2.24, 2.45) is 5.92 Å². The normalized spacial score (nSPS) is 36.6. The van der Waals surface area contributed by atoms with Crippen LogP contribution in [0.25, 0.3) is 0 Å². The summed E-state index contributed by atoms with van der Waals surface area (Å²) in [6, 6.07) is 0. The summed E-state index contributed by atoms with van der Waals surface area (Å²) in [5.74, 6) is 0.834. The molecule has 0 saturated carbocycles. The molecule has 70 valence electrons. The third-order valence-corrected chi connectivity index (χ3v) is 1.94. The van der Waals surface area contributed by atoms with Crippen LogP contribution >= 0.6 is 0 Å². The molecule has 13 heavy (non-hydrogen) atoms. The Hall–Kier alpha value is -1.24. The fourth-order valence-corrected chi connectivity index (χ4v) is 1.30. The topological polar surface area (TPSA) is 20.2 Å². The lowest BCUT2D eigenvalue weighted by molar-refractivity contribution is 0.401. The minimum Gasteiger partial charge on any atom is -0.512 e. The lowest BCUT2D eigenvalue weighted by atomic mass is 10.1. The molecule has 1 aliphatic carbocycles. The van der Waals surface area contributed by atoms with E-state index >= 15 is 0 Å². The van der Waals surface area contributed by atoms with Crippen LogP contribution in [-0.4, -0.2) is 5.11 Å². The minimum absolute atomic E-state index is 0.411. The van der Waals surface area contributed by atoms with E-state index in [1.807, 2.05) is 18.2 Å². The maximum Gasteiger partial charge on any atom is 0.0960 e. The van der Waals surface area contributed by atoms with Crippen molar-refractivity contribution in [3.8, 4) is 0 Å². The first-order chi connectivity index (χ1) is 6.18. The molecule has 1 heteroatoms. The van der Waals surface area contributed by atoms with Crippen LogP contribution in [0.1, 0.15) is 20.3 Å². The van der Waals surface area contributed by atoms with Gasteiger partial charge >= 0.3 is 0 Å². The van der Waals surface area contributed by atoms with Gasteiger partial charge in [0.15, 0.2) is 0 Å². The zero-order valence-corrected chi connectivity index (χ0v) is 8.20. The molecule has 0 aliphatic heterocycles. The zero-order chi connectivity index (χ0) is 9.68. The molecule has 1 nitrogen and oxygen atoms in total. The third-order valence-electron chi connectivity index (χ3n) is 1.94. The number of hydrogen-bond donors (Lipinski definition) is 1. The molecule has 1 aliphatic rings. The molecule has 0 saturated heterocycles. The van der Waals surface area contributed by atoms with Crippen molar-refractivity contribution in [3.05, 3.63) is 47.8 Å². The van der Waals surface area contributed by atoms with Crippen LogP contribution in [0.2, 0.25) is 0 Å². The van der Waals surface area contributed by atoms with E-state index in [4.69, 9.17) is 0 Å². The summed E-state index contributed by atoms with van der Waals surface area (Å²) >= 11 is 0. The van der Waals surface area contributed by atoms with Gasteiger partial charge < -0.3 is 5.11 Å². The average molecular weight is 176 g/mol. The van der Waals surface area contributed by atoms with Gasteiger partial charge in [0.1, 0.15) is 0 Å². The van der Waals surface area contributed by atoms with Gasteiger partial charge in [0.05, 0.1) is 5.76 Å². The Morgan fingerprint density at radius 2 is 2.23 bits per heavy atom. The highest BCUT2D eigenvalue weighted by atomic mass is 16.3. The second kappa shape index (κ2) is 4.70. The monoisotopic (exact) mass is 176 g/mol. The summed E-state index contributed by atoms with van der Waals surface area (Å²) in [7, 11) is 0. The second-order valence-electron chi connectivity index (χ2n) is 3.42. The van der Waals surface area contributed by atoms with Crippen LogP contribution in [0.15, 0.2) is 47.8 Å². The van der Waals surface area contributed by atoms with E-state index in [2.05, 4.69) is 26.0 Å². The van der Waals surface area contributed by atoms with Gasteiger partial charge in [-0.25, -0.2) is 0 Å². The first kappa shape index (κ1) is 9.85. The molecule has 0 heterocycles. The highest BCUT2D eigenvalue weighted by molar-refractivity contribution is 5.22. The lowest BCUT2D eigenvalue weighted by Gasteiger charge is -2.01. The highest BCUT2D eigenvalue weighted by Crippen LogP contribution is 2.09. The van der Waals surface area contributed by atoms with Crippen LogP contribution < -0.4 is 0 Å².